The number of ether oxygens (including phenoxy) is 1. The molecule has 0 unspecified atom stereocenters. The van der Waals surface area contributed by atoms with Crippen LogP contribution in [0.3, 0.4) is 0 Å². The molecule has 3 rings (SSSR count). The Hall–Kier alpha value is -3.06. The predicted octanol–water partition coefficient (Wildman–Crippen LogP) is 5.07. The molecular weight excluding hydrogens is 389 g/mol. The number of pyridine rings is 1. The van der Waals surface area contributed by atoms with Crippen LogP contribution in [0.5, 0.6) is 5.75 Å². The Balaban J connectivity index is 1.58. The Morgan fingerprint density at radius 1 is 1.17 bits per heavy atom. The van der Waals surface area contributed by atoms with Gasteiger partial charge in [0.2, 0.25) is 0 Å². The second-order valence-electron chi connectivity index (χ2n) is 6.53. The average Bonchev–Trinajstić information content (AvgIpc) is 2.72. The number of thiocarbonyl (C=S) groups is 1. The number of hydrogen-bond acceptors (Lipinski definition) is 4. The number of para-hydroxylation sites is 1. The molecule has 0 aliphatic carbocycles. The van der Waals surface area contributed by atoms with Crippen molar-refractivity contribution in [3.05, 3.63) is 66.1 Å². The Morgan fingerprint density at radius 2 is 2.00 bits per heavy atom. The van der Waals surface area contributed by atoms with Gasteiger partial charge in [0.15, 0.2) is 16.7 Å². The summed E-state index contributed by atoms with van der Waals surface area (Å²) in [5, 5.41) is 6.31. The maximum atomic E-state index is 14.2. The number of hydrogen-bond donors (Lipinski definition) is 2. The number of unbranched alkanes of at least 4 members (excludes halogenated alkanes) is 2. The van der Waals surface area contributed by atoms with Gasteiger partial charge in [-0.3, -0.25) is 15.1 Å². The number of nitrogens with one attached hydrogen (secondary N) is 2. The zero-order chi connectivity index (χ0) is 20.6. The molecule has 0 aliphatic rings. The lowest BCUT2D eigenvalue weighted by Gasteiger charge is -2.12. The molecule has 0 saturated heterocycles. The number of anilines is 1. The van der Waals surface area contributed by atoms with Crippen molar-refractivity contribution in [2.75, 3.05) is 11.9 Å². The lowest BCUT2D eigenvalue weighted by atomic mass is 10.1. The highest BCUT2D eigenvalue weighted by Gasteiger charge is 2.11. The Morgan fingerprint density at radius 3 is 2.79 bits per heavy atom. The van der Waals surface area contributed by atoms with E-state index in [1.165, 1.54) is 12.3 Å². The third-order valence-electron chi connectivity index (χ3n) is 4.27. The molecule has 150 valence electrons. The average molecular weight is 412 g/mol. The van der Waals surface area contributed by atoms with Crippen LogP contribution in [0.25, 0.3) is 10.9 Å². The molecule has 0 spiro atoms. The SMILES string of the molecule is CCCCCOc1ccc(NC(=S)NC(=O)c2cnc3ccccc3c2)cc1F. The van der Waals surface area contributed by atoms with Gasteiger partial charge in [-0.25, -0.2) is 4.39 Å². The second kappa shape index (κ2) is 9.93. The molecule has 1 aromatic heterocycles. The molecule has 1 amide bonds. The van der Waals surface area contributed by atoms with Gasteiger partial charge in [-0.15, -0.1) is 0 Å². The van der Waals surface area contributed by atoms with Gasteiger partial charge in [0.25, 0.3) is 5.91 Å². The van der Waals surface area contributed by atoms with Gasteiger partial charge in [0.1, 0.15) is 0 Å². The van der Waals surface area contributed by atoms with Crippen LogP contribution in [0.2, 0.25) is 0 Å². The highest BCUT2D eigenvalue weighted by atomic mass is 32.1. The molecule has 0 fully saturated rings. The van der Waals surface area contributed by atoms with Gasteiger partial charge < -0.3 is 10.1 Å². The highest BCUT2D eigenvalue weighted by molar-refractivity contribution is 7.80. The topological polar surface area (TPSA) is 63.2 Å². The molecule has 2 aromatic carbocycles. The summed E-state index contributed by atoms with van der Waals surface area (Å²) >= 11 is 5.17. The molecule has 2 N–H and O–H groups in total. The van der Waals surface area contributed by atoms with Crippen molar-refractivity contribution in [3.8, 4) is 5.75 Å². The molecule has 1 heterocycles. The van der Waals surface area contributed by atoms with E-state index in [0.29, 0.717) is 17.9 Å². The van der Waals surface area contributed by atoms with E-state index < -0.39 is 11.7 Å². The number of halogens is 1. The summed E-state index contributed by atoms with van der Waals surface area (Å²) in [5.41, 5.74) is 1.61. The van der Waals surface area contributed by atoms with Crippen molar-refractivity contribution in [1.29, 1.82) is 0 Å². The molecule has 0 radical (unpaired) electrons. The van der Waals surface area contributed by atoms with E-state index in [9.17, 15) is 9.18 Å². The third-order valence-corrected chi connectivity index (χ3v) is 4.48. The lowest BCUT2D eigenvalue weighted by molar-refractivity contribution is 0.0977. The molecular formula is C22H22FN3O2S. The monoisotopic (exact) mass is 411 g/mol. The molecule has 0 bridgehead atoms. The van der Waals surface area contributed by atoms with Crippen molar-refractivity contribution < 1.29 is 13.9 Å². The summed E-state index contributed by atoms with van der Waals surface area (Å²) in [5.74, 6) is -0.680. The molecule has 7 heteroatoms. The number of nitrogens with zero attached hydrogens (tertiary/aromatic N) is 1. The lowest BCUT2D eigenvalue weighted by Crippen LogP contribution is -2.34. The van der Waals surface area contributed by atoms with E-state index in [0.717, 1.165) is 30.2 Å². The van der Waals surface area contributed by atoms with Crippen LogP contribution in [0, 0.1) is 5.82 Å². The Bertz CT molecular complexity index is 1030. The zero-order valence-corrected chi connectivity index (χ0v) is 16.9. The fourth-order valence-corrected chi connectivity index (χ4v) is 2.97. The van der Waals surface area contributed by atoms with Gasteiger partial charge in [0.05, 0.1) is 17.7 Å². The first-order valence-corrected chi connectivity index (χ1v) is 9.87. The molecule has 0 saturated carbocycles. The summed E-state index contributed by atoms with van der Waals surface area (Å²) in [6.45, 7) is 2.57. The number of carbonyl (C=O) groups is 1. The summed E-state index contributed by atoms with van der Waals surface area (Å²) in [4.78, 5) is 16.7. The molecule has 0 atom stereocenters. The van der Waals surface area contributed by atoms with Crippen LogP contribution in [-0.2, 0) is 0 Å². The number of benzene rings is 2. The number of carbonyl (C=O) groups excluding carboxylic acids is 1. The maximum Gasteiger partial charge on any atom is 0.258 e. The Labute approximate surface area is 174 Å². The normalized spacial score (nSPS) is 10.6. The second-order valence-corrected chi connectivity index (χ2v) is 6.93. The summed E-state index contributed by atoms with van der Waals surface area (Å²) in [7, 11) is 0. The number of rotatable bonds is 7. The van der Waals surface area contributed by atoms with Crippen molar-refractivity contribution >= 4 is 39.8 Å². The highest BCUT2D eigenvalue weighted by Crippen LogP contribution is 2.21. The maximum absolute atomic E-state index is 14.2. The van der Waals surface area contributed by atoms with Gasteiger partial charge in [0, 0.05) is 23.3 Å². The minimum absolute atomic E-state index is 0.0687. The van der Waals surface area contributed by atoms with Crippen LogP contribution in [-0.4, -0.2) is 22.6 Å². The van der Waals surface area contributed by atoms with E-state index >= 15 is 0 Å². The van der Waals surface area contributed by atoms with Crippen LogP contribution in [0.4, 0.5) is 10.1 Å². The van der Waals surface area contributed by atoms with E-state index in [2.05, 4.69) is 22.5 Å². The largest absolute Gasteiger partial charge is 0.491 e. The quantitative estimate of drug-likeness (QED) is 0.420. The van der Waals surface area contributed by atoms with E-state index in [-0.39, 0.29) is 10.9 Å². The number of fused-ring (bicyclic) bond motifs is 1. The van der Waals surface area contributed by atoms with Gasteiger partial charge in [-0.05, 0) is 42.9 Å². The smallest absolute Gasteiger partial charge is 0.258 e. The van der Waals surface area contributed by atoms with Crippen molar-refractivity contribution in [2.45, 2.75) is 26.2 Å². The fourth-order valence-electron chi connectivity index (χ4n) is 2.76. The van der Waals surface area contributed by atoms with Gasteiger partial charge in [-0.2, -0.15) is 0 Å². The molecule has 0 aliphatic heterocycles. The van der Waals surface area contributed by atoms with Crippen LogP contribution >= 0.6 is 12.2 Å². The summed E-state index contributed by atoms with van der Waals surface area (Å²) in [6, 6.07) is 13.7. The Kier molecular flexibility index (Phi) is 7.08. The van der Waals surface area contributed by atoms with Gasteiger partial charge in [-0.1, -0.05) is 38.0 Å². The first-order chi connectivity index (χ1) is 14.1. The minimum atomic E-state index is -0.487. The summed E-state index contributed by atoms with van der Waals surface area (Å²) in [6.07, 6.45) is 4.50. The minimum Gasteiger partial charge on any atom is -0.491 e. The molecule has 5 nitrogen and oxygen atoms in total. The summed E-state index contributed by atoms with van der Waals surface area (Å²) < 4.78 is 19.6. The predicted molar refractivity (Wildman–Crippen MR) is 117 cm³/mol. The van der Waals surface area contributed by atoms with Crippen molar-refractivity contribution in [2.24, 2.45) is 0 Å². The first kappa shape index (κ1) is 20.7. The van der Waals surface area contributed by atoms with Crippen LogP contribution in [0.15, 0.2) is 54.7 Å². The number of aromatic nitrogens is 1. The third kappa shape index (κ3) is 5.71. The van der Waals surface area contributed by atoms with Crippen molar-refractivity contribution in [3.63, 3.8) is 0 Å². The molecule has 29 heavy (non-hydrogen) atoms. The van der Waals surface area contributed by atoms with E-state index in [4.69, 9.17) is 17.0 Å². The standard InChI is InChI=1S/C22H22FN3O2S/c1-2-3-6-11-28-20-10-9-17(13-18(20)23)25-22(29)26-21(27)16-12-15-7-4-5-8-19(15)24-14-16/h4-5,7-10,12-14H,2-3,6,11H2,1H3,(H2,25,26,27,29). The van der Waals surface area contributed by atoms with E-state index in [1.807, 2.05) is 24.3 Å². The van der Waals surface area contributed by atoms with E-state index in [1.54, 1.807) is 18.2 Å². The van der Waals surface area contributed by atoms with Crippen LogP contribution < -0.4 is 15.4 Å². The fraction of sp³-hybridized carbons (Fsp3) is 0.227. The zero-order valence-electron chi connectivity index (χ0n) is 16.1. The van der Waals surface area contributed by atoms with Gasteiger partial charge >= 0.3 is 0 Å². The first-order valence-electron chi connectivity index (χ1n) is 9.46. The van der Waals surface area contributed by atoms with Crippen LogP contribution in [0.1, 0.15) is 36.5 Å². The number of amides is 1. The molecule has 3 aromatic rings. The van der Waals surface area contributed by atoms with Crippen molar-refractivity contribution in [1.82, 2.24) is 10.3 Å².